The average molecular weight is 294 g/mol. The van der Waals surface area contributed by atoms with Crippen molar-refractivity contribution in [1.82, 2.24) is 5.01 Å². The molecule has 1 aliphatic heterocycles. The van der Waals surface area contributed by atoms with Crippen molar-refractivity contribution in [1.29, 1.82) is 0 Å². The van der Waals surface area contributed by atoms with Gasteiger partial charge in [-0.15, -0.1) is 0 Å². The van der Waals surface area contributed by atoms with Gasteiger partial charge in [0.25, 0.3) is 5.72 Å². The van der Waals surface area contributed by atoms with Gasteiger partial charge >= 0.3 is 12.3 Å². The number of hydrogen-bond donors (Lipinski definition) is 1. The molecule has 1 fully saturated rings. The van der Waals surface area contributed by atoms with E-state index >= 15 is 0 Å². The van der Waals surface area contributed by atoms with Gasteiger partial charge in [0.1, 0.15) is 0 Å². The fourth-order valence-electron chi connectivity index (χ4n) is 2.73. The number of methoxy groups -OCH3 is 1. The van der Waals surface area contributed by atoms with Crippen molar-refractivity contribution in [3.05, 3.63) is 0 Å². The predicted molar refractivity (Wildman–Crippen MR) is 63.9 cm³/mol. The number of ether oxygens (including phenoxy) is 1. The number of alkyl halides is 3. The maximum Gasteiger partial charge on any atom is 0.439 e. The summed E-state index contributed by atoms with van der Waals surface area (Å²) >= 11 is 0. The molecule has 0 saturated heterocycles. The van der Waals surface area contributed by atoms with Gasteiger partial charge in [0.2, 0.25) is 0 Å². The van der Waals surface area contributed by atoms with Crippen LogP contribution >= 0.6 is 0 Å². The number of amides is 1. The van der Waals surface area contributed by atoms with E-state index in [1.54, 1.807) is 0 Å². The summed E-state index contributed by atoms with van der Waals surface area (Å²) in [6.07, 6.45) is -2.62. The lowest BCUT2D eigenvalue weighted by Gasteiger charge is -2.31. The second-order valence-electron chi connectivity index (χ2n) is 5.20. The van der Waals surface area contributed by atoms with Gasteiger partial charge in [0.15, 0.2) is 0 Å². The molecule has 5 nitrogen and oxygen atoms in total. The summed E-state index contributed by atoms with van der Waals surface area (Å²) in [5, 5.41) is 13.6. The molecule has 0 unspecified atom stereocenters. The number of hydrazone groups is 1. The minimum absolute atomic E-state index is 0.0247. The molecule has 2 aliphatic rings. The molecule has 8 heteroatoms. The molecular weight excluding hydrogens is 277 g/mol. The minimum Gasteiger partial charge on any atom is -0.451 e. The van der Waals surface area contributed by atoms with Crippen LogP contribution in [0.5, 0.6) is 0 Å². The molecule has 0 aromatic carbocycles. The third-order valence-corrected chi connectivity index (χ3v) is 3.88. The molecule has 0 spiro atoms. The number of halogens is 3. The van der Waals surface area contributed by atoms with Crippen molar-refractivity contribution in [2.45, 2.75) is 50.4 Å². The van der Waals surface area contributed by atoms with Crippen molar-refractivity contribution in [3.63, 3.8) is 0 Å². The number of carbonyl (C=O) groups is 1. The Balaban J connectivity index is 2.27. The van der Waals surface area contributed by atoms with Crippen molar-refractivity contribution in [3.8, 4) is 0 Å². The molecule has 114 valence electrons. The highest BCUT2D eigenvalue weighted by Crippen LogP contribution is 2.43. The Hall–Kier alpha value is -1.31. The van der Waals surface area contributed by atoms with E-state index in [9.17, 15) is 23.1 Å². The van der Waals surface area contributed by atoms with Gasteiger partial charge in [-0.3, -0.25) is 0 Å². The van der Waals surface area contributed by atoms with Crippen LogP contribution < -0.4 is 0 Å². The highest BCUT2D eigenvalue weighted by atomic mass is 19.4. The number of rotatable bonds is 1. The first-order valence-corrected chi connectivity index (χ1v) is 6.54. The van der Waals surface area contributed by atoms with Gasteiger partial charge in [-0.2, -0.15) is 23.3 Å². The summed E-state index contributed by atoms with van der Waals surface area (Å²) in [4.78, 5) is 11.4. The Morgan fingerprint density at radius 2 is 2.00 bits per heavy atom. The Bertz CT molecular complexity index is 419. The summed E-state index contributed by atoms with van der Waals surface area (Å²) in [5.74, 6) is -0.104. The highest BCUT2D eigenvalue weighted by Gasteiger charge is 2.64. The number of aliphatic hydroxyl groups is 1. The van der Waals surface area contributed by atoms with Crippen LogP contribution in [0, 0.1) is 5.92 Å². The molecule has 0 bridgehead atoms. The molecule has 1 N–H and O–H groups in total. The van der Waals surface area contributed by atoms with Crippen molar-refractivity contribution in [2.75, 3.05) is 7.11 Å². The second-order valence-corrected chi connectivity index (χ2v) is 5.20. The van der Waals surface area contributed by atoms with E-state index in [2.05, 4.69) is 9.84 Å². The molecule has 1 saturated carbocycles. The molecule has 0 aromatic heterocycles. The summed E-state index contributed by atoms with van der Waals surface area (Å²) < 4.78 is 43.5. The lowest BCUT2D eigenvalue weighted by molar-refractivity contribution is -0.299. The van der Waals surface area contributed by atoms with Gasteiger partial charge in [-0.25, -0.2) is 4.79 Å². The van der Waals surface area contributed by atoms with Crippen LogP contribution in [-0.2, 0) is 4.74 Å². The first-order chi connectivity index (χ1) is 9.29. The first-order valence-electron chi connectivity index (χ1n) is 6.54. The fourth-order valence-corrected chi connectivity index (χ4v) is 2.73. The van der Waals surface area contributed by atoms with Gasteiger partial charge in [0.05, 0.1) is 7.11 Å². The smallest absolute Gasteiger partial charge is 0.439 e. The van der Waals surface area contributed by atoms with Gasteiger partial charge in [-0.1, -0.05) is 19.3 Å². The molecule has 1 heterocycles. The van der Waals surface area contributed by atoms with E-state index in [0.29, 0.717) is 0 Å². The van der Waals surface area contributed by atoms with E-state index in [-0.39, 0.29) is 16.6 Å². The van der Waals surface area contributed by atoms with Crippen LogP contribution in [0.15, 0.2) is 5.10 Å². The molecule has 1 aliphatic carbocycles. The normalized spacial score (nSPS) is 28.4. The van der Waals surface area contributed by atoms with Gasteiger partial charge < -0.3 is 9.84 Å². The van der Waals surface area contributed by atoms with E-state index in [1.807, 2.05) is 0 Å². The van der Waals surface area contributed by atoms with E-state index in [1.165, 1.54) is 0 Å². The third kappa shape index (κ3) is 2.48. The van der Waals surface area contributed by atoms with Crippen molar-refractivity contribution in [2.24, 2.45) is 11.0 Å². The zero-order chi connectivity index (χ0) is 15.0. The van der Waals surface area contributed by atoms with Crippen LogP contribution in [-0.4, -0.2) is 40.9 Å². The van der Waals surface area contributed by atoms with Crippen LogP contribution in [0.1, 0.15) is 38.5 Å². The Labute approximate surface area is 114 Å². The Kier molecular flexibility index (Phi) is 3.95. The summed E-state index contributed by atoms with van der Waals surface area (Å²) in [6, 6.07) is 0. The molecule has 1 atom stereocenters. The topological polar surface area (TPSA) is 62.1 Å². The molecule has 0 aromatic rings. The lowest BCUT2D eigenvalue weighted by Crippen LogP contribution is -2.56. The monoisotopic (exact) mass is 294 g/mol. The van der Waals surface area contributed by atoms with Crippen LogP contribution in [0.4, 0.5) is 18.0 Å². The van der Waals surface area contributed by atoms with Crippen molar-refractivity contribution >= 4 is 11.8 Å². The standard InChI is InChI=1S/C12H17F3N2O3/c1-20-10(18)17-11(19,12(13,14)15)7-9(16-17)8-5-3-2-4-6-8/h8,19H,2-7H2,1H3/t11-/m0/s1. The second kappa shape index (κ2) is 5.23. The molecule has 0 radical (unpaired) electrons. The maximum absolute atomic E-state index is 13.1. The average Bonchev–Trinajstić information content (AvgIpc) is 2.78. The molecule has 1 amide bonds. The van der Waals surface area contributed by atoms with E-state index in [4.69, 9.17) is 0 Å². The van der Waals surface area contributed by atoms with Gasteiger partial charge in [-0.05, 0) is 18.8 Å². The SMILES string of the molecule is COC(=O)N1N=C(C2CCCCC2)C[C@]1(O)C(F)(F)F. The van der Waals surface area contributed by atoms with Crippen LogP contribution in [0.3, 0.4) is 0 Å². The Morgan fingerprint density at radius 1 is 1.40 bits per heavy atom. The fraction of sp³-hybridized carbons (Fsp3) is 0.833. The molecule has 2 rings (SSSR count). The first kappa shape index (κ1) is 15.1. The highest BCUT2D eigenvalue weighted by molar-refractivity contribution is 5.91. The summed E-state index contributed by atoms with van der Waals surface area (Å²) in [5.41, 5.74) is -3.07. The quantitative estimate of drug-likeness (QED) is 0.808. The number of nitrogens with zero attached hydrogens (tertiary/aromatic N) is 2. The third-order valence-electron chi connectivity index (χ3n) is 3.88. The predicted octanol–water partition coefficient (Wildman–Crippen LogP) is 2.65. The zero-order valence-corrected chi connectivity index (χ0v) is 11.1. The summed E-state index contributed by atoms with van der Waals surface area (Å²) in [7, 11) is 0.952. The van der Waals surface area contributed by atoms with Crippen LogP contribution in [0.25, 0.3) is 0 Å². The summed E-state index contributed by atoms with van der Waals surface area (Å²) in [6.45, 7) is 0. The largest absolute Gasteiger partial charge is 0.451 e. The zero-order valence-electron chi connectivity index (χ0n) is 11.1. The van der Waals surface area contributed by atoms with E-state index < -0.39 is 24.4 Å². The van der Waals surface area contributed by atoms with Gasteiger partial charge in [0, 0.05) is 12.1 Å². The molecular formula is C12H17F3N2O3. The number of carbonyl (C=O) groups excluding carboxylic acids is 1. The molecule has 20 heavy (non-hydrogen) atoms. The van der Waals surface area contributed by atoms with Crippen molar-refractivity contribution < 1.29 is 27.8 Å². The number of hydrogen-bond acceptors (Lipinski definition) is 4. The Morgan fingerprint density at radius 3 is 2.50 bits per heavy atom. The lowest BCUT2D eigenvalue weighted by atomic mass is 9.83. The minimum atomic E-state index is -4.99. The van der Waals surface area contributed by atoms with Crippen LogP contribution in [0.2, 0.25) is 0 Å². The van der Waals surface area contributed by atoms with E-state index in [0.717, 1.165) is 39.2 Å². The maximum atomic E-state index is 13.1.